The maximum Gasteiger partial charge on any atom is 0.269 e. The van der Waals surface area contributed by atoms with E-state index in [1.54, 1.807) is 26.4 Å². The highest BCUT2D eigenvalue weighted by molar-refractivity contribution is 5.48. The summed E-state index contributed by atoms with van der Waals surface area (Å²) in [6.07, 6.45) is 0.623. The molecule has 0 aliphatic heterocycles. The highest BCUT2D eigenvalue weighted by Gasteiger charge is 2.11. The predicted molar refractivity (Wildman–Crippen MR) is 75.4 cm³/mol. The number of methoxy groups -OCH3 is 2. The van der Waals surface area contributed by atoms with Gasteiger partial charge in [0.2, 0.25) is 0 Å². The average Bonchev–Trinajstić information content (AvgIpc) is 2.47. The lowest BCUT2D eigenvalue weighted by molar-refractivity contribution is -0.384. The van der Waals surface area contributed by atoms with E-state index in [0.29, 0.717) is 17.9 Å². The molecule has 0 saturated heterocycles. The first kappa shape index (κ1) is 13.9. The SMILES string of the molecule is COc1cccc(Cc2ccc([N+](=O)[O-])cc2)c1OC. The molecule has 2 aromatic carbocycles. The van der Waals surface area contributed by atoms with Crippen LogP contribution in [0.2, 0.25) is 0 Å². The molecule has 0 N–H and O–H groups in total. The molecule has 0 radical (unpaired) electrons. The van der Waals surface area contributed by atoms with Gasteiger partial charge in [-0.25, -0.2) is 0 Å². The van der Waals surface area contributed by atoms with E-state index in [1.807, 2.05) is 18.2 Å². The molecule has 0 spiro atoms. The fraction of sp³-hybridized carbons (Fsp3) is 0.200. The largest absolute Gasteiger partial charge is 0.493 e. The van der Waals surface area contributed by atoms with Gasteiger partial charge in [-0.3, -0.25) is 10.1 Å². The minimum atomic E-state index is -0.407. The van der Waals surface area contributed by atoms with E-state index in [4.69, 9.17) is 9.47 Å². The number of hydrogen-bond acceptors (Lipinski definition) is 4. The number of nitro benzene ring substituents is 1. The number of benzene rings is 2. The molecular weight excluding hydrogens is 258 g/mol. The fourth-order valence-corrected chi connectivity index (χ4v) is 2.05. The molecule has 104 valence electrons. The Hall–Kier alpha value is -2.56. The first-order valence-electron chi connectivity index (χ1n) is 6.09. The Balaban J connectivity index is 2.27. The van der Waals surface area contributed by atoms with Crippen molar-refractivity contribution in [2.75, 3.05) is 14.2 Å². The number of non-ortho nitro benzene ring substituents is 1. The lowest BCUT2D eigenvalue weighted by Gasteiger charge is -2.12. The molecular formula is C15H15NO4. The van der Waals surface area contributed by atoms with Crippen molar-refractivity contribution in [1.29, 1.82) is 0 Å². The summed E-state index contributed by atoms with van der Waals surface area (Å²) in [7, 11) is 3.19. The molecule has 0 atom stereocenters. The zero-order chi connectivity index (χ0) is 14.5. The molecule has 2 aromatic rings. The van der Waals surface area contributed by atoms with Gasteiger partial charge in [0, 0.05) is 24.1 Å². The van der Waals surface area contributed by atoms with E-state index in [-0.39, 0.29) is 5.69 Å². The number of para-hydroxylation sites is 1. The Labute approximate surface area is 116 Å². The average molecular weight is 273 g/mol. The third-order valence-electron chi connectivity index (χ3n) is 3.03. The molecule has 0 fully saturated rings. The van der Waals surface area contributed by atoms with Crippen LogP contribution in [0.1, 0.15) is 11.1 Å². The van der Waals surface area contributed by atoms with Crippen molar-refractivity contribution in [3.05, 3.63) is 63.7 Å². The van der Waals surface area contributed by atoms with Crippen LogP contribution in [0.5, 0.6) is 11.5 Å². The van der Waals surface area contributed by atoms with Crippen molar-refractivity contribution in [3.63, 3.8) is 0 Å². The number of nitrogens with zero attached hydrogens (tertiary/aromatic N) is 1. The van der Waals surface area contributed by atoms with Crippen LogP contribution in [0, 0.1) is 10.1 Å². The Kier molecular flexibility index (Phi) is 4.20. The highest BCUT2D eigenvalue weighted by Crippen LogP contribution is 2.32. The van der Waals surface area contributed by atoms with Gasteiger partial charge in [0.05, 0.1) is 19.1 Å². The summed E-state index contributed by atoms with van der Waals surface area (Å²) in [5, 5.41) is 10.6. The van der Waals surface area contributed by atoms with E-state index in [1.165, 1.54) is 12.1 Å². The zero-order valence-electron chi connectivity index (χ0n) is 11.3. The molecule has 0 saturated carbocycles. The zero-order valence-corrected chi connectivity index (χ0v) is 11.3. The summed E-state index contributed by atoms with van der Waals surface area (Å²) in [6.45, 7) is 0. The second kappa shape index (κ2) is 6.06. The number of hydrogen-bond donors (Lipinski definition) is 0. The Morgan fingerprint density at radius 1 is 1.05 bits per heavy atom. The van der Waals surface area contributed by atoms with Crippen molar-refractivity contribution in [3.8, 4) is 11.5 Å². The minimum Gasteiger partial charge on any atom is -0.493 e. The van der Waals surface area contributed by atoms with Gasteiger partial charge in [0.15, 0.2) is 11.5 Å². The highest BCUT2D eigenvalue weighted by atomic mass is 16.6. The summed E-state index contributed by atoms with van der Waals surface area (Å²) in [5.41, 5.74) is 2.04. The van der Waals surface area contributed by atoms with Crippen molar-refractivity contribution >= 4 is 5.69 Å². The Morgan fingerprint density at radius 2 is 1.75 bits per heavy atom. The van der Waals surface area contributed by atoms with Crippen LogP contribution in [0.3, 0.4) is 0 Å². The predicted octanol–water partition coefficient (Wildman–Crippen LogP) is 3.20. The topological polar surface area (TPSA) is 61.6 Å². The second-order valence-corrected chi connectivity index (χ2v) is 4.25. The Bertz CT molecular complexity index is 608. The number of nitro groups is 1. The van der Waals surface area contributed by atoms with E-state index >= 15 is 0 Å². The van der Waals surface area contributed by atoms with Crippen molar-refractivity contribution < 1.29 is 14.4 Å². The molecule has 2 rings (SSSR count). The van der Waals surface area contributed by atoms with E-state index in [2.05, 4.69) is 0 Å². The van der Waals surface area contributed by atoms with Gasteiger partial charge in [-0.2, -0.15) is 0 Å². The molecule has 0 unspecified atom stereocenters. The molecule has 0 heterocycles. The van der Waals surface area contributed by atoms with Gasteiger partial charge in [0.25, 0.3) is 5.69 Å². The van der Waals surface area contributed by atoms with Crippen molar-refractivity contribution in [1.82, 2.24) is 0 Å². The molecule has 5 nitrogen and oxygen atoms in total. The smallest absolute Gasteiger partial charge is 0.269 e. The molecule has 0 aliphatic rings. The third-order valence-corrected chi connectivity index (χ3v) is 3.03. The number of rotatable bonds is 5. The van der Waals surface area contributed by atoms with E-state index in [0.717, 1.165) is 11.1 Å². The molecule has 20 heavy (non-hydrogen) atoms. The maximum absolute atomic E-state index is 10.6. The molecule has 5 heteroatoms. The van der Waals surface area contributed by atoms with Crippen molar-refractivity contribution in [2.24, 2.45) is 0 Å². The van der Waals surface area contributed by atoms with E-state index < -0.39 is 4.92 Å². The molecule has 0 amide bonds. The first-order chi connectivity index (χ1) is 9.65. The van der Waals surface area contributed by atoms with Crippen LogP contribution in [-0.2, 0) is 6.42 Å². The lowest BCUT2D eigenvalue weighted by Crippen LogP contribution is -1.97. The van der Waals surface area contributed by atoms with E-state index in [9.17, 15) is 10.1 Å². The van der Waals surface area contributed by atoms with Gasteiger partial charge in [0.1, 0.15) is 0 Å². The standard InChI is InChI=1S/C15H15NO4/c1-19-14-5-3-4-12(15(14)20-2)10-11-6-8-13(9-7-11)16(17)18/h3-9H,10H2,1-2H3. The van der Waals surface area contributed by atoms with Crippen LogP contribution in [0.25, 0.3) is 0 Å². The van der Waals surface area contributed by atoms with Crippen LogP contribution < -0.4 is 9.47 Å². The summed E-state index contributed by atoms with van der Waals surface area (Å²) >= 11 is 0. The fourth-order valence-electron chi connectivity index (χ4n) is 2.05. The monoisotopic (exact) mass is 273 g/mol. The summed E-state index contributed by atoms with van der Waals surface area (Å²) in [4.78, 5) is 10.2. The van der Waals surface area contributed by atoms with Gasteiger partial charge in [-0.05, 0) is 11.6 Å². The van der Waals surface area contributed by atoms with Crippen LogP contribution in [0.4, 0.5) is 5.69 Å². The van der Waals surface area contributed by atoms with Gasteiger partial charge in [-0.1, -0.05) is 24.3 Å². The second-order valence-electron chi connectivity index (χ2n) is 4.25. The number of ether oxygens (including phenoxy) is 2. The molecule has 0 aliphatic carbocycles. The van der Waals surface area contributed by atoms with Crippen LogP contribution >= 0.6 is 0 Å². The first-order valence-corrected chi connectivity index (χ1v) is 6.09. The van der Waals surface area contributed by atoms with Crippen LogP contribution in [0.15, 0.2) is 42.5 Å². The minimum absolute atomic E-state index is 0.0892. The van der Waals surface area contributed by atoms with Gasteiger partial charge in [-0.15, -0.1) is 0 Å². The quantitative estimate of drug-likeness (QED) is 0.620. The third kappa shape index (κ3) is 2.88. The molecule has 0 bridgehead atoms. The van der Waals surface area contributed by atoms with Gasteiger partial charge >= 0.3 is 0 Å². The maximum atomic E-state index is 10.6. The summed E-state index contributed by atoms with van der Waals surface area (Å²) in [6, 6.07) is 12.2. The van der Waals surface area contributed by atoms with Crippen molar-refractivity contribution in [2.45, 2.75) is 6.42 Å². The molecule has 0 aromatic heterocycles. The lowest BCUT2D eigenvalue weighted by atomic mass is 10.0. The van der Waals surface area contributed by atoms with Gasteiger partial charge < -0.3 is 9.47 Å². The summed E-state index contributed by atoms with van der Waals surface area (Å²) in [5.74, 6) is 1.36. The Morgan fingerprint density at radius 3 is 2.30 bits per heavy atom. The normalized spacial score (nSPS) is 10.1. The summed E-state index contributed by atoms with van der Waals surface area (Å²) < 4.78 is 10.6. The van der Waals surface area contributed by atoms with Crippen LogP contribution in [-0.4, -0.2) is 19.1 Å².